The maximum absolute atomic E-state index is 12.5. The van der Waals surface area contributed by atoms with Crippen LogP contribution in [-0.2, 0) is 14.3 Å². The Kier molecular flexibility index (Phi) is 16.9. The molecule has 12 heteroatoms. The molecule has 0 saturated heterocycles. The number of hydrogen-bond acceptors (Lipinski definition) is 10. The first kappa shape index (κ1) is 58.2. The van der Waals surface area contributed by atoms with Crippen LogP contribution >= 0.6 is 0 Å². The van der Waals surface area contributed by atoms with Crippen LogP contribution in [0.1, 0.15) is 133 Å². The molecule has 0 spiro atoms. The largest absolute Gasteiger partial charge is 0.490 e. The van der Waals surface area contributed by atoms with Gasteiger partial charge in [-0.2, -0.15) is 0 Å². The van der Waals surface area contributed by atoms with Crippen molar-refractivity contribution in [2.75, 3.05) is 19.8 Å². The molecule has 5 heterocycles. The van der Waals surface area contributed by atoms with Crippen LogP contribution in [0.3, 0.4) is 0 Å². The Bertz CT molecular complexity index is 3760. The van der Waals surface area contributed by atoms with Gasteiger partial charge in [-0.25, -0.2) is 9.97 Å². The summed E-state index contributed by atoms with van der Waals surface area (Å²) in [6.07, 6.45) is 10.7. The highest BCUT2D eigenvalue weighted by atomic mass is 16.6. The molecule has 4 aromatic carbocycles. The summed E-state index contributed by atoms with van der Waals surface area (Å²) >= 11 is 0. The zero-order valence-corrected chi connectivity index (χ0v) is 51.4. The SMILES string of the molecule is CC(C)[C@@H]1CC[C@@H](C)C[C@H]1Oc1ccc2c(c1)-c1cc3[nH]c(cc4nc(cc5[nH]c(cc-2n1)c1cc(O[C@@H]2C[C@H](C)CC[C@H]2C(C)C)ccc51)-c1cc(O[C@@H]2C[C@H](C)CC[C@H]2C(C)C)ccc1-4)c1cc(OCCOC(=O)CCC(=O)CN)ccc31. The standard InChI is InChI=1S/C73H87N5O7/c1-40(2)51-18-10-43(7)28-70(51)83-48-15-22-55-59(32-48)68-37-65-57-24-17-50(85-72-30-45(9)12-20-53(72)42(5)6)34-61(57)69(78-65)38-64-56-23-16-49(84-71-29-44(8)11-19-52(71)41(3)4)33-60(56)67(77-64)36-62-54-21-14-47(31-58(54)66(75-62)35-63(55)76-68)81-26-27-82-73(80)25-13-46(79)39-74/h14-17,21-24,31-38,40-45,51-53,70-72,75,78H,10-13,18-20,25-30,39,74H2,1-9H3/t43-,44-,45-,51+,52+,53+,70-,71-,72-/m1/s1. The number of ketones is 1. The van der Waals surface area contributed by atoms with Crippen molar-refractivity contribution in [3.63, 3.8) is 0 Å². The molecule has 3 aliphatic carbocycles. The molecule has 0 unspecified atom stereocenters. The molecule has 12 nitrogen and oxygen atoms in total. The Morgan fingerprint density at radius 3 is 1.29 bits per heavy atom. The van der Waals surface area contributed by atoms with E-state index in [1.807, 2.05) is 12.1 Å². The minimum Gasteiger partial charge on any atom is -0.490 e. The van der Waals surface area contributed by atoms with Crippen LogP contribution < -0.4 is 24.7 Å². The van der Waals surface area contributed by atoms with Gasteiger partial charge in [0.1, 0.15) is 60.3 Å². The fraction of sp³-hybridized carbons (Fsp3) is 0.479. The monoisotopic (exact) mass is 1150 g/mol. The molecule has 3 aromatic heterocycles. The number of aromatic nitrogens is 4. The maximum Gasteiger partial charge on any atom is 0.306 e. The Morgan fingerprint density at radius 2 is 0.859 bits per heavy atom. The van der Waals surface area contributed by atoms with Crippen LogP contribution in [0.25, 0.3) is 88.6 Å². The molecule has 9 atom stereocenters. The van der Waals surface area contributed by atoms with Crippen molar-refractivity contribution in [3.8, 4) is 68.0 Å². The number of Topliss-reactive ketones (excluding diaryl/α,β-unsaturated/α-hetero) is 1. The van der Waals surface area contributed by atoms with Gasteiger partial charge < -0.3 is 39.4 Å². The zero-order chi connectivity index (χ0) is 59.2. The van der Waals surface area contributed by atoms with Crippen LogP contribution in [0.15, 0.2) is 97.1 Å². The summed E-state index contributed by atoms with van der Waals surface area (Å²) in [4.78, 5) is 43.1. The van der Waals surface area contributed by atoms with Gasteiger partial charge in [-0.15, -0.1) is 0 Å². The number of nitrogens with two attached hydrogens (primary N) is 1. The van der Waals surface area contributed by atoms with E-state index in [0.29, 0.717) is 59.0 Å². The summed E-state index contributed by atoms with van der Waals surface area (Å²) in [7, 11) is 0. The molecule has 0 radical (unpaired) electrons. The van der Waals surface area contributed by atoms with E-state index in [-0.39, 0.29) is 56.7 Å². The number of fused-ring (bicyclic) bond motifs is 20. The highest BCUT2D eigenvalue weighted by Crippen LogP contribution is 2.46. The lowest BCUT2D eigenvalue weighted by atomic mass is 9.75. The number of aromatic amines is 2. The van der Waals surface area contributed by atoms with Crippen molar-refractivity contribution >= 4 is 55.4 Å². The molecule has 12 rings (SSSR count). The Hall–Kier alpha value is -7.18. The molecule has 446 valence electrons. The van der Waals surface area contributed by atoms with Gasteiger partial charge in [0, 0.05) is 72.3 Å². The van der Waals surface area contributed by atoms with Crippen LogP contribution in [0.5, 0.6) is 23.0 Å². The second kappa shape index (κ2) is 24.7. The van der Waals surface area contributed by atoms with Gasteiger partial charge in [-0.3, -0.25) is 9.59 Å². The van der Waals surface area contributed by atoms with Crippen LogP contribution in [0.4, 0.5) is 0 Å². The van der Waals surface area contributed by atoms with Gasteiger partial charge in [0.2, 0.25) is 0 Å². The number of rotatable bonds is 17. The number of H-pyrrole nitrogens is 2. The van der Waals surface area contributed by atoms with E-state index in [1.165, 1.54) is 38.5 Å². The molecule has 0 amide bonds. The number of carbonyl (C=O) groups is 2. The molecule has 2 aliphatic heterocycles. The van der Waals surface area contributed by atoms with E-state index in [1.54, 1.807) is 0 Å². The second-order valence-corrected chi connectivity index (χ2v) is 26.8. The number of nitrogens with zero attached hydrogens (tertiary/aromatic N) is 2. The van der Waals surface area contributed by atoms with Gasteiger partial charge in [-0.05, 0) is 189 Å². The molecular weight excluding hydrogens is 1060 g/mol. The average molecular weight is 1150 g/mol. The molecule has 8 bridgehead atoms. The third-order valence-corrected chi connectivity index (χ3v) is 19.6. The van der Waals surface area contributed by atoms with E-state index in [0.717, 1.165) is 125 Å². The normalized spacial score (nSPS) is 23.0. The van der Waals surface area contributed by atoms with E-state index in [9.17, 15) is 9.59 Å². The van der Waals surface area contributed by atoms with Crippen molar-refractivity contribution < 1.29 is 33.3 Å². The number of benzene rings is 4. The van der Waals surface area contributed by atoms with E-state index >= 15 is 0 Å². The quantitative estimate of drug-likeness (QED) is 0.0591. The zero-order valence-electron chi connectivity index (χ0n) is 51.4. The van der Waals surface area contributed by atoms with Crippen LogP contribution in [-0.4, -0.2) is 69.8 Å². The first-order valence-electron chi connectivity index (χ1n) is 31.9. The maximum atomic E-state index is 12.5. The third-order valence-electron chi connectivity index (χ3n) is 19.6. The minimum atomic E-state index is -0.462. The van der Waals surface area contributed by atoms with E-state index in [4.69, 9.17) is 39.4 Å². The van der Waals surface area contributed by atoms with Crippen molar-refractivity contribution in [3.05, 3.63) is 97.1 Å². The van der Waals surface area contributed by atoms with Gasteiger partial charge in [0.15, 0.2) is 0 Å². The summed E-state index contributed by atoms with van der Waals surface area (Å²) in [6.45, 7) is 21.1. The number of esters is 1. The summed E-state index contributed by atoms with van der Waals surface area (Å²) in [6, 6.07) is 34.4. The topological polar surface area (TPSA) is 164 Å². The fourth-order valence-corrected chi connectivity index (χ4v) is 14.7. The lowest BCUT2D eigenvalue weighted by molar-refractivity contribution is -0.145. The lowest BCUT2D eigenvalue weighted by Crippen LogP contribution is -2.36. The smallest absolute Gasteiger partial charge is 0.306 e. The predicted octanol–water partition coefficient (Wildman–Crippen LogP) is 17.0. The highest BCUT2D eigenvalue weighted by Gasteiger charge is 2.36. The van der Waals surface area contributed by atoms with Crippen LogP contribution in [0.2, 0.25) is 0 Å². The molecular formula is C73H87N5O7. The Morgan fingerprint density at radius 1 is 0.471 bits per heavy atom. The average Bonchev–Trinajstić information content (AvgIpc) is 1.89. The molecule has 3 fully saturated rings. The van der Waals surface area contributed by atoms with E-state index in [2.05, 4.69) is 157 Å². The lowest BCUT2D eigenvalue weighted by Gasteiger charge is -2.37. The van der Waals surface area contributed by atoms with Crippen molar-refractivity contribution in [2.24, 2.45) is 59.0 Å². The number of hydrogen-bond donors (Lipinski definition) is 3. The van der Waals surface area contributed by atoms with Gasteiger partial charge >= 0.3 is 5.97 Å². The van der Waals surface area contributed by atoms with Gasteiger partial charge in [0.25, 0.3) is 0 Å². The fourth-order valence-electron chi connectivity index (χ4n) is 14.7. The van der Waals surface area contributed by atoms with E-state index < -0.39 is 5.97 Å². The number of nitrogens with one attached hydrogen (secondary N) is 2. The molecule has 4 N–H and O–H groups in total. The molecule has 3 saturated carbocycles. The number of ether oxygens (including phenoxy) is 5. The van der Waals surface area contributed by atoms with Crippen LogP contribution in [0, 0.1) is 53.3 Å². The van der Waals surface area contributed by atoms with Crippen molar-refractivity contribution in [2.45, 2.75) is 151 Å². The summed E-state index contributed by atoms with van der Waals surface area (Å²) in [5.74, 6) is 7.37. The Balaban J connectivity index is 1.04. The first-order chi connectivity index (χ1) is 41.0. The predicted molar refractivity (Wildman–Crippen MR) is 342 cm³/mol. The second-order valence-electron chi connectivity index (χ2n) is 26.8. The third kappa shape index (κ3) is 12.5. The van der Waals surface area contributed by atoms with Crippen molar-refractivity contribution in [1.29, 1.82) is 0 Å². The summed E-state index contributed by atoms with van der Waals surface area (Å²) in [5, 5.41) is 4.02. The van der Waals surface area contributed by atoms with Crippen molar-refractivity contribution in [1.82, 2.24) is 19.9 Å². The molecule has 85 heavy (non-hydrogen) atoms. The van der Waals surface area contributed by atoms with Gasteiger partial charge in [-0.1, -0.05) is 81.6 Å². The molecule has 7 aromatic rings. The highest BCUT2D eigenvalue weighted by molar-refractivity contribution is 6.11. The Labute approximate surface area is 501 Å². The minimum absolute atomic E-state index is 0.0160. The number of carbonyl (C=O) groups excluding carboxylic acids is 2. The summed E-state index contributed by atoms with van der Waals surface area (Å²) < 4.78 is 33.0. The first-order valence-corrected chi connectivity index (χ1v) is 31.9. The van der Waals surface area contributed by atoms with Gasteiger partial charge in [0.05, 0.1) is 35.7 Å². The molecule has 5 aliphatic rings. The summed E-state index contributed by atoms with van der Waals surface area (Å²) in [5.41, 5.74) is 16.4.